The SMILES string of the molecule is O=C(c1ccc(O)cc1)N1Cc2ccc(O)cc2CC1COCCCCCCCS(=O)CCCC(F)(F)C(F)(F)F. The number of phenolic OH excluding ortho intramolecular Hbond substituents is 2. The summed E-state index contributed by atoms with van der Waals surface area (Å²) < 4.78 is 80.1. The highest BCUT2D eigenvalue weighted by molar-refractivity contribution is 7.84. The van der Waals surface area contributed by atoms with Gasteiger partial charge in [0.1, 0.15) is 11.5 Å². The molecule has 3 rings (SSSR count). The van der Waals surface area contributed by atoms with E-state index in [0.717, 1.165) is 36.8 Å². The third-order valence-corrected chi connectivity index (χ3v) is 8.54. The topological polar surface area (TPSA) is 87.1 Å². The molecule has 2 N–H and O–H groups in total. The van der Waals surface area contributed by atoms with Gasteiger partial charge in [-0.05, 0) is 73.2 Å². The number of benzene rings is 2. The van der Waals surface area contributed by atoms with Gasteiger partial charge in [-0.2, -0.15) is 22.0 Å². The lowest BCUT2D eigenvalue weighted by molar-refractivity contribution is -0.284. The summed E-state index contributed by atoms with van der Waals surface area (Å²) in [6, 6.07) is 10.9. The molecule has 0 bridgehead atoms. The molecule has 0 aliphatic carbocycles. The third-order valence-electron chi connectivity index (χ3n) is 7.05. The van der Waals surface area contributed by atoms with E-state index >= 15 is 0 Å². The van der Waals surface area contributed by atoms with E-state index in [2.05, 4.69) is 0 Å². The first-order valence-electron chi connectivity index (χ1n) is 13.7. The van der Waals surface area contributed by atoms with Crippen LogP contribution in [0.2, 0.25) is 0 Å². The van der Waals surface area contributed by atoms with Gasteiger partial charge in [0.25, 0.3) is 5.91 Å². The van der Waals surface area contributed by atoms with Crippen molar-refractivity contribution in [3.05, 3.63) is 59.2 Å². The summed E-state index contributed by atoms with van der Waals surface area (Å²) >= 11 is 0. The Morgan fingerprint density at radius 1 is 0.878 bits per heavy atom. The summed E-state index contributed by atoms with van der Waals surface area (Å²) in [7, 11) is -1.42. The van der Waals surface area contributed by atoms with Crippen LogP contribution in [0.4, 0.5) is 22.0 Å². The number of carbonyl (C=O) groups excluding carboxylic acids is 1. The van der Waals surface area contributed by atoms with E-state index in [9.17, 15) is 41.2 Å². The minimum absolute atomic E-state index is 0.0707. The lowest BCUT2D eigenvalue weighted by Gasteiger charge is -2.37. The Hall–Kier alpha value is -2.73. The van der Waals surface area contributed by atoms with E-state index in [-0.39, 0.29) is 35.0 Å². The Labute approximate surface area is 239 Å². The molecular formula is C29H36F5NO5S. The molecule has 1 aliphatic heterocycles. The molecule has 6 nitrogen and oxygen atoms in total. The van der Waals surface area contributed by atoms with Crippen LogP contribution in [-0.4, -0.2) is 68.1 Å². The van der Waals surface area contributed by atoms with Crippen molar-refractivity contribution in [2.45, 2.75) is 76.1 Å². The van der Waals surface area contributed by atoms with Crippen LogP contribution in [0.25, 0.3) is 0 Å². The predicted octanol–water partition coefficient (Wildman–Crippen LogP) is 6.36. The van der Waals surface area contributed by atoms with Crippen molar-refractivity contribution in [1.29, 1.82) is 0 Å². The highest BCUT2D eigenvalue weighted by Crippen LogP contribution is 2.38. The van der Waals surface area contributed by atoms with E-state index in [1.54, 1.807) is 35.2 Å². The Morgan fingerprint density at radius 3 is 2.22 bits per heavy atom. The fourth-order valence-electron chi connectivity index (χ4n) is 4.71. The minimum Gasteiger partial charge on any atom is -0.508 e. The molecule has 2 aromatic rings. The van der Waals surface area contributed by atoms with Crippen molar-refractivity contribution in [3.8, 4) is 11.5 Å². The highest BCUT2D eigenvalue weighted by Gasteiger charge is 2.56. The monoisotopic (exact) mass is 605 g/mol. The lowest BCUT2D eigenvalue weighted by atomic mass is 9.93. The molecular weight excluding hydrogens is 569 g/mol. The summed E-state index contributed by atoms with van der Waals surface area (Å²) in [6.45, 7) is 1.16. The predicted molar refractivity (Wildman–Crippen MR) is 146 cm³/mol. The number of halogens is 5. The second-order valence-electron chi connectivity index (χ2n) is 10.3. The van der Waals surface area contributed by atoms with Gasteiger partial charge in [0.05, 0.1) is 12.6 Å². The van der Waals surface area contributed by atoms with Crippen LogP contribution >= 0.6 is 0 Å². The minimum atomic E-state index is -5.57. The van der Waals surface area contributed by atoms with Crippen molar-refractivity contribution >= 4 is 16.7 Å². The van der Waals surface area contributed by atoms with Gasteiger partial charge in [-0.3, -0.25) is 9.00 Å². The number of nitrogens with zero attached hydrogens (tertiary/aromatic N) is 1. The molecule has 41 heavy (non-hydrogen) atoms. The van der Waals surface area contributed by atoms with E-state index in [1.165, 1.54) is 12.1 Å². The van der Waals surface area contributed by atoms with Crippen molar-refractivity contribution in [3.63, 3.8) is 0 Å². The molecule has 2 unspecified atom stereocenters. The molecule has 2 aromatic carbocycles. The largest absolute Gasteiger partial charge is 0.508 e. The second-order valence-corrected chi connectivity index (χ2v) is 12.0. The third kappa shape index (κ3) is 9.95. The number of unbranched alkanes of at least 4 members (excludes halogenated alkanes) is 4. The van der Waals surface area contributed by atoms with Crippen LogP contribution in [0.15, 0.2) is 42.5 Å². The maximum atomic E-state index is 13.3. The Kier molecular flexibility index (Phi) is 12.0. The average molecular weight is 606 g/mol. The number of alkyl halides is 5. The molecule has 228 valence electrons. The Morgan fingerprint density at radius 2 is 1.51 bits per heavy atom. The molecule has 0 saturated carbocycles. The van der Waals surface area contributed by atoms with Gasteiger partial charge < -0.3 is 19.8 Å². The second kappa shape index (κ2) is 14.9. The van der Waals surface area contributed by atoms with E-state index in [1.807, 2.05) is 0 Å². The van der Waals surface area contributed by atoms with Crippen molar-refractivity contribution < 1.29 is 45.9 Å². The van der Waals surface area contributed by atoms with Gasteiger partial charge >= 0.3 is 12.1 Å². The maximum Gasteiger partial charge on any atom is 0.453 e. The summed E-state index contributed by atoms with van der Waals surface area (Å²) in [5.74, 6) is -4.59. The normalized spacial score (nSPS) is 16.4. The number of hydrogen-bond acceptors (Lipinski definition) is 5. The number of ether oxygens (including phenoxy) is 1. The van der Waals surface area contributed by atoms with Gasteiger partial charge in [0, 0.05) is 47.4 Å². The van der Waals surface area contributed by atoms with Crippen LogP contribution in [0.3, 0.4) is 0 Å². The quantitative estimate of drug-likeness (QED) is 0.182. The number of rotatable bonds is 15. The first kappa shape index (κ1) is 32.8. The molecule has 1 amide bonds. The molecule has 12 heteroatoms. The number of aromatic hydroxyl groups is 2. The molecule has 0 aromatic heterocycles. The number of hydrogen-bond donors (Lipinski definition) is 2. The van der Waals surface area contributed by atoms with E-state index in [0.29, 0.717) is 38.2 Å². The zero-order valence-electron chi connectivity index (χ0n) is 22.7. The van der Waals surface area contributed by atoms with Crippen LogP contribution in [0, 0.1) is 0 Å². The van der Waals surface area contributed by atoms with Gasteiger partial charge in [0.2, 0.25) is 0 Å². The van der Waals surface area contributed by atoms with Crippen LogP contribution in [0.5, 0.6) is 11.5 Å². The first-order chi connectivity index (χ1) is 19.4. The first-order valence-corrected chi connectivity index (χ1v) is 15.1. The van der Waals surface area contributed by atoms with Crippen molar-refractivity contribution in [2.75, 3.05) is 24.7 Å². The van der Waals surface area contributed by atoms with Crippen molar-refractivity contribution in [2.24, 2.45) is 0 Å². The molecule has 2 atom stereocenters. The average Bonchev–Trinajstić information content (AvgIpc) is 2.91. The molecule has 1 heterocycles. The van der Waals surface area contributed by atoms with Crippen LogP contribution < -0.4 is 0 Å². The number of fused-ring (bicyclic) bond motifs is 1. The smallest absolute Gasteiger partial charge is 0.453 e. The summed E-state index contributed by atoms with van der Waals surface area (Å²) in [4.78, 5) is 15.0. The molecule has 0 radical (unpaired) electrons. The van der Waals surface area contributed by atoms with Crippen LogP contribution in [-0.2, 0) is 28.5 Å². The summed E-state index contributed by atoms with van der Waals surface area (Å²) in [6.07, 6.45) is -3.01. The number of phenols is 2. The molecule has 0 spiro atoms. The Bertz CT molecular complexity index is 1160. The molecule has 0 fully saturated rings. The van der Waals surface area contributed by atoms with Crippen molar-refractivity contribution in [1.82, 2.24) is 4.90 Å². The number of amides is 1. The fraction of sp³-hybridized carbons (Fsp3) is 0.552. The summed E-state index contributed by atoms with van der Waals surface area (Å²) in [5, 5.41) is 19.5. The van der Waals surface area contributed by atoms with Gasteiger partial charge in [-0.15, -0.1) is 0 Å². The molecule has 0 saturated heterocycles. The zero-order chi connectivity index (χ0) is 30.0. The van der Waals surface area contributed by atoms with Gasteiger partial charge in [0.15, 0.2) is 0 Å². The summed E-state index contributed by atoms with van der Waals surface area (Å²) in [5.41, 5.74) is 2.36. The van der Waals surface area contributed by atoms with Gasteiger partial charge in [-0.1, -0.05) is 25.3 Å². The maximum absolute atomic E-state index is 13.3. The standard InChI is InChI=1S/C29H36F5NO5S/c30-28(31,29(32,33)34)13-6-16-41(39)15-5-3-1-2-4-14-40-20-24-17-23-18-26(37)12-9-22(23)19-35(24)27(38)21-7-10-25(36)11-8-21/h7-12,18,24,36-37H,1-6,13-17,19-20H2. The van der Waals surface area contributed by atoms with E-state index in [4.69, 9.17) is 4.74 Å². The lowest BCUT2D eigenvalue weighted by Crippen LogP contribution is -2.46. The highest BCUT2D eigenvalue weighted by atomic mass is 32.2. The number of carbonyl (C=O) groups is 1. The zero-order valence-corrected chi connectivity index (χ0v) is 23.5. The fourth-order valence-corrected chi connectivity index (χ4v) is 5.90. The molecule has 1 aliphatic rings. The van der Waals surface area contributed by atoms with Gasteiger partial charge in [-0.25, -0.2) is 0 Å². The van der Waals surface area contributed by atoms with E-state index < -0.39 is 35.7 Å². The Balaban J connectivity index is 1.35. The van der Waals surface area contributed by atoms with Crippen LogP contribution in [0.1, 0.15) is 66.4 Å².